The van der Waals surface area contributed by atoms with Gasteiger partial charge in [-0.3, -0.25) is 4.72 Å². The number of ether oxygens (including phenoxy) is 1. The highest BCUT2D eigenvalue weighted by Gasteiger charge is 2.22. The Morgan fingerprint density at radius 3 is 2.66 bits per heavy atom. The van der Waals surface area contributed by atoms with Crippen LogP contribution in [0.4, 0.5) is 5.69 Å². The second kappa shape index (κ2) is 7.53. The Morgan fingerprint density at radius 2 is 1.90 bits per heavy atom. The van der Waals surface area contributed by atoms with E-state index in [1.165, 1.54) is 13.2 Å². The first kappa shape index (κ1) is 19.5. The summed E-state index contributed by atoms with van der Waals surface area (Å²) in [5.74, 6) is 0.265. The maximum absolute atomic E-state index is 13.1. The van der Waals surface area contributed by atoms with Crippen LogP contribution < -0.4 is 9.46 Å². The Hall–Kier alpha value is -2.84. The Morgan fingerprint density at radius 1 is 1.10 bits per heavy atom. The van der Waals surface area contributed by atoms with Crippen molar-refractivity contribution in [2.45, 2.75) is 11.8 Å². The molecule has 29 heavy (non-hydrogen) atoms. The number of nitrogens with one attached hydrogen (secondary N) is 1. The van der Waals surface area contributed by atoms with Gasteiger partial charge in [-0.05, 0) is 42.8 Å². The predicted molar refractivity (Wildman–Crippen MR) is 117 cm³/mol. The molecule has 0 spiro atoms. The normalized spacial score (nSPS) is 11.6. The van der Waals surface area contributed by atoms with Crippen LogP contribution in [0, 0.1) is 6.92 Å². The van der Waals surface area contributed by atoms with Crippen LogP contribution in [0.2, 0.25) is 0 Å². The van der Waals surface area contributed by atoms with Crippen molar-refractivity contribution in [2.24, 2.45) is 0 Å². The highest BCUT2D eigenvalue weighted by Crippen LogP contribution is 2.33. The minimum atomic E-state index is -3.89. The van der Waals surface area contributed by atoms with Gasteiger partial charge in [-0.2, -0.15) is 0 Å². The molecule has 6 nitrogen and oxygen atoms in total. The lowest BCUT2D eigenvalue weighted by Gasteiger charge is -2.14. The van der Waals surface area contributed by atoms with Gasteiger partial charge in [-0.25, -0.2) is 13.4 Å². The fourth-order valence-electron chi connectivity index (χ4n) is 3.14. The number of pyridine rings is 1. The summed E-state index contributed by atoms with van der Waals surface area (Å²) < 4.78 is 36.7. The number of imidazole rings is 1. The quantitative estimate of drug-likeness (QED) is 0.450. The minimum Gasteiger partial charge on any atom is -0.495 e. The number of para-hydroxylation sites is 1. The third-order valence-corrected chi connectivity index (χ3v) is 6.42. The van der Waals surface area contributed by atoms with E-state index in [4.69, 9.17) is 4.74 Å². The molecule has 0 fully saturated rings. The zero-order valence-electron chi connectivity index (χ0n) is 15.8. The van der Waals surface area contributed by atoms with Gasteiger partial charge < -0.3 is 9.14 Å². The number of aryl methyl sites for hydroxylation is 1. The molecule has 0 unspecified atom stereocenters. The van der Waals surface area contributed by atoms with Crippen molar-refractivity contribution < 1.29 is 13.2 Å². The first-order valence-corrected chi connectivity index (χ1v) is 11.1. The van der Waals surface area contributed by atoms with Crippen LogP contribution >= 0.6 is 15.9 Å². The van der Waals surface area contributed by atoms with Crippen LogP contribution in [-0.2, 0) is 10.0 Å². The molecule has 1 N–H and O–H groups in total. The summed E-state index contributed by atoms with van der Waals surface area (Å²) in [5.41, 5.74) is 3.67. The van der Waals surface area contributed by atoms with Crippen LogP contribution in [-0.4, -0.2) is 24.9 Å². The molecule has 2 heterocycles. The first-order chi connectivity index (χ1) is 13.9. The van der Waals surface area contributed by atoms with E-state index in [2.05, 4.69) is 25.6 Å². The van der Waals surface area contributed by atoms with E-state index in [9.17, 15) is 8.42 Å². The van der Waals surface area contributed by atoms with Crippen LogP contribution in [0.3, 0.4) is 0 Å². The van der Waals surface area contributed by atoms with Crippen molar-refractivity contribution >= 4 is 37.3 Å². The maximum Gasteiger partial charge on any atom is 0.265 e. The second-order valence-electron chi connectivity index (χ2n) is 6.49. The molecule has 0 bridgehead atoms. The number of aromatic nitrogens is 2. The van der Waals surface area contributed by atoms with Gasteiger partial charge in [0.2, 0.25) is 0 Å². The Labute approximate surface area is 177 Å². The SMILES string of the molecule is COc1ccc(Br)cc1S(=O)(=O)Nc1ccccc1-c1cn2cccc(C)c2n1. The van der Waals surface area contributed by atoms with Gasteiger partial charge in [0.25, 0.3) is 10.0 Å². The third-order valence-electron chi connectivity index (χ3n) is 4.54. The average Bonchev–Trinajstić information content (AvgIpc) is 3.13. The molecule has 8 heteroatoms. The van der Waals surface area contributed by atoms with Gasteiger partial charge in [-0.1, -0.05) is 40.2 Å². The number of benzene rings is 2. The fraction of sp³-hybridized carbons (Fsp3) is 0.0952. The summed E-state index contributed by atoms with van der Waals surface area (Å²) >= 11 is 3.32. The molecule has 0 atom stereocenters. The van der Waals surface area contributed by atoms with Crippen LogP contribution in [0.15, 0.2) is 76.4 Å². The van der Waals surface area contributed by atoms with Crippen molar-refractivity contribution in [2.75, 3.05) is 11.8 Å². The van der Waals surface area contributed by atoms with Gasteiger partial charge in [0.15, 0.2) is 0 Å². The minimum absolute atomic E-state index is 0.0509. The van der Waals surface area contributed by atoms with Gasteiger partial charge in [0.05, 0.1) is 18.5 Å². The van der Waals surface area contributed by atoms with Gasteiger partial charge in [0, 0.05) is 22.4 Å². The van der Waals surface area contributed by atoms with Crippen molar-refractivity contribution in [3.05, 3.63) is 77.0 Å². The van der Waals surface area contributed by atoms with Crippen molar-refractivity contribution in [1.82, 2.24) is 9.38 Å². The highest BCUT2D eigenvalue weighted by molar-refractivity contribution is 9.10. The van der Waals surface area contributed by atoms with E-state index in [1.54, 1.807) is 24.3 Å². The molecule has 4 aromatic rings. The van der Waals surface area contributed by atoms with E-state index in [-0.39, 0.29) is 10.6 Å². The van der Waals surface area contributed by atoms with Gasteiger partial charge in [-0.15, -0.1) is 0 Å². The number of anilines is 1. The summed E-state index contributed by atoms with van der Waals surface area (Å²) in [5, 5.41) is 0. The number of hydrogen-bond donors (Lipinski definition) is 1. The monoisotopic (exact) mass is 471 g/mol. The average molecular weight is 472 g/mol. The zero-order valence-corrected chi connectivity index (χ0v) is 18.2. The molecular formula is C21H18BrN3O3S. The molecular weight excluding hydrogens is 454 g/mol. The standard InChI is InChI=1S/C21H18BrN3O3S/c1-14-6-5-11-25-13-18(23-21(14)25)16-7-3-4-8-17(16)24-29(26,27)20-12-15(22)9-10-19(20)28-2/h3-13,24H,1-2H3. The lowest BCUT2D eigenvalue weighted by molar-refractivity contribution is 0.403. The smallest absolute Gasteiger partial charge is 0.265 e. The zero-order chi connectivity index (χ0) is 20.6. The summed E-state index contributed by atoms with van der Waals surface area (Å²) in [6.07, 6.45) is 3.80. The van der Waals surface area contributed by atoms with Crippen LogP contribution in [0.1, 0.15) is 5.56 Å². The number of nitrogens with zero attached hydrogens (tertiary/aromatic N) is 2. The summed E-state index contributed by atoms with van der Waals surface area (Å²) in [6, 6.07) is 16.0. The highest BCUT2D eigenvalue weighted by atomic mass is 79.9. The van der Waals surface area contributed by atoms with Gasteiger partial charge >= 0.3 is 0 Å². The largest absolute Gasteiger partial charge is 0.495 e. The van der Waals surface area contributed by atoms with Crippen molar-refractivity contribution in [3.8, 4) is 17.0 Å². The van der Waals surface area contributed by atoms with E-state index >= 15 is 0 Å². The number of rotatable bonds is 5. The Bertz CT molecular complexity index is 1320. The molecule has 0 saturated carbocycles. The molecule has 0 aliphatic rings. The number of fused-ring (bicyclic) bond motifs is 1. The molecule has 2 aromatic carbocycles. The molecule has 4 rings (SSSR count). The van der Waals surface area contributed by atoms with Gasteiger partial charge in [0.1, 0.15) is 16.3 Å². The number of methoxy groups -OCH3 is 1. The van der Waals surface area contributed by atoms with E-state index in [1.807, 2.05) is 48.0 Å². The second-order valence-corrected chi connectivity index (χ2v) is 9.06. The summed E-state index contributed by atoms with van der Waals surface area (Å²) in [7, 11) is -2.45. The molecule has 0 radical (unpaired) electrons. The molecule has 148 valence electrons. The topological polar surface area (TPSA) is 72.7 Å². The Kier molecular flexibility index (Phi) is 5.06. The molecule has 0 saturated heterocycles. The molecule has 2 aromatic heterocycles. The van der Waals surface area contributed by atoms with Crippen LogP contribution in [0.25, 0.3) is 16.9 Å². The third kappa shape index (κ3) is 3.73. The predicted octanol–water partition coefficient (Wildman–Crippen LogP) is 4.88. The fourth-order valence-corrected chi connectivity index (χ4v) is 4.93. The molecule has 0 aliphatic carbocycles. The van der Waals surface area contributed by atoms with E-state index in [0.717, 1.165) is 11.2 Å². The lowest BCUT2D eigenvalue weighted by atomic mass is 10.1. The van der Waals surface area contributed by atoms with E-state index in [0.29, 0.717) is 21.4 Å². The number of sulfonamides is 1. The molecule has 0 amide bonds. The van der Waals surface area contributed by atoms with Crippen LogP contribution in [0.5, 0.6) is 5.75 Å². The first-order valence-electron chi connectivity index (χ1n) is 8.79. The van der Waals surface area contributed by atoms with Crippen molar-refractivity contribution in [3.63, 3.8) is 0 Å². The van der Waals surface area contributed by atoms with E-state index < -0.39 is 10.0 Å². The number of hydrogen-bond acceptors (Lipinski definition) is 4. The summed E-state index contributed by atoms with van der Waals surface area (Å²) in [4.78, 5) is 4.74. The van der Waals surface area contributed by atoms with Crippen molar-refractivity contribution in [1.29, 1.82) is 0 Å². The lowest BCUT2D eigenvalue weighted by Crippen LogP contribution is -2.14. The molecule has 0 aliphatic heterocycles. The summed E-state index contributed by atoms with van der Waals surface area (Å²) in [6.45, 7) is 1.99. The maximum atomic E-state index is 13.1. The Balaban J connectivity index is 1.79. The number of halogens is 1.